The number of amides is 2. The fourth-order valence-corrected chi connectivity index (χ4v) is 3.23. The maximum absolute atomic E-state index is 12.4. The summed E-state index contributed by atoms with van der Waals surface area (Å²) in [5.41, 5.74) is -0.551. The Morgan fingerprint density at radius 3 is 2.56 bits per heavy atom. The van der Waals surface area contributed by atoms with Gasteiger partial charge in [-0.2, -0.15) is 4.99 Å². The number of hydrogen-bond acceptors (Lipinski definition) is 6. The quantitative estimate of drug-likeness (QED) is 0.528. The van der Waals surface area contributed by atoms with Gasteiger partial charge in [0, 0.05) is 26.7 Å². The Balaban J connectivity index is 2.99. The fourth-order valence-electron chi connectivity index (χ4n) is 2.58. The minimum absolute atomic E-state index is 0.0388. The molecule has 0 spiro atoms. The van der Waals surface area contributed by atoms with Gasteiger partial charge in [-0.25, -0.2) is 9.59 Å². The molecule has 1 fully saturated rings. The van der Waals surface area contributed by atoms with Crippen LogP contribution in [0.15, 0.2) is 17.0 Å². The molecule has 27 heavy (non-hydrogen) atoms. The number of carbonyl (C=O) groups excluding carboxylic acids is 2. The molecule has 1 atom stereocenters. The van der Waals surface area contributed by atoms with Crippen molar-refractivity contribution in [3.8, 4) is 0 Å². The summed E-state index contributed by atoms with van der Waals surface area (Å²) in [5, 5.41) is 2.09. The molecule has 0 saturated carbocycles. The number of rotatable bonds is 4. The highest BCUT2D eigenvalue weighted by Crippen LogP contribution is 2.20. The number of aliphatic imine (C=N–C) groups is 1. The Labute approximate surface area is 165 Å². The number of ether oxygens (including phenoxy) is 3. The van der Waals surface area contributed by atoms with Crippen LogP contribution >= 0.6 is 11.8 Å². The van der Waals surface area contributed by atoms with Gasteiger partial charge >= 0.3 is 12.2 Å². The summed E-state index contributed by atoms with van der Waals surface area (Å²) >= 11 is 1.24. The number of hydrogen-bond donors (Lipinski definition) is 0. The van der Waals surface area contributed by atoms with E-state index in [1.165, 1.54) is 11.8 Å². The van der Waals surface area contributed by atoms with Crippen molar-refractivity contribution >= 4 is 29.1 Å². The summed E-state index contributed by atoms with van der Waals surface area (Å²) in [7, 11) is 1.62. The zero-order valence-corrected chi connectivity index (χ0v) is 17.7. The van der Waals surface area contributed by atoms with E-state index in [4.69, 9.17) is 14.2 Å². The molecule has 1 aliphatic heterocycles. The second kappa shape index (κ2) is 11.2. The van der Waals surface area contributed by atoms with Gasteiger partial charge in [-0.05, 0) is 39.5 Å². The van der Waals surface area contributed by atoms with Crippen LogP contribution in [-0.2, 0) is 14.2 Å². The lowest BCUT2D eigenvalue weighted by Gasteiger charge is -2.30. The average Bonchev–Trinajstić information content (AvgIpc) is 2.76. The molecule has 0 aliphatic carbocycles. The van der Waals surface area contributed by atoms with Crippen molar-refractivity contribution < 1.29 is 23.8 Å². The highest BCUT2D eigenvalue weighted by Gasteiger charge is 2.31. The predicted octanol–water partition coefficient (Wildman–Crippen LogP) is 3.33. The first-order valence-corrected chi connectivity index (χ1v) is 9.86. The van der Waals surface area contributed by atoms with Crippen molar-refractivity contribution in [3.63, 3.8) is 0 Å². The molecule has 8 nitrogen and oxygen atoms in total. The lowest BCUT2D eigenvalue weighted by atomic mass is 10.2. The molecule has 2 amide bonds. The Bertz CT molecular complexity index is 548. The molecule has 1 rings (SSSR count). The number of carbonyl (C=O) groups is 2. The van der Waals surface area contributed by atoms with Crippen LogP contribution in [-0.4, -0.2) is 78.8 Å². The molecule has 0 aromatic rings. The molecular formula is C18H31N3O5S. The van der Waals surface area contributed by atoms with Crippen LogP contribution in [0.25, 0.3) is 0 Å². The Kier molecular flexibility index (Phi) is 9.65. The van der Waals surface area contributed by atoms with Gasteiger partial charge < -0.3 is 24.0 Å². The van der Waals surface area contributed by atoms with Crippen LogP contribution in [0.1, 0.15) is 34.1 Å². The summed E-state index contributed by atoms with van der Waals surface area (Å²) in [5.74, 6) is 0. The maximum Gasteiger partial charge on any atom is 0.436 e. The van der Waals surface area contributed by atoms with Crippen molar-refractivity contribution in [3.05, 3.63) is 12.0 Å². The largest absolute Gasteiger partial charge is 0.448 e. The molecule has 0 aromatic carbocycles. The molecule has 1 saturated heterocycles. The molecular weight excluding hydrogens is 370 g/mol. The van der Waals surface area contributed by atoms with E-state index in [2.05, 4.69) is 11.6 Å². The van der Waals surface area contributed by atoms with Crippen molar-refractivity contribution in [1.29, 1.82) is 0 Å². The highest BCUT2D eigenvalue weighted by molar-refractivity contribution is 8.16. The summed E-state index contributed by atoms with van der Waals surface area (Å²) < 4.78 is 15.8. The molecule has 0 N–H and O–H groups in total. The molecule has 0 radical (unpaired) electrons. The summed E-state index contributed by atoms with van der Waals surface area (Å²) in [6.45, 7) is 13.1. The third-order valence-electron chi connectivity index (χ3n) is 3.68. The van der Waals surface area contributed by atoms with E-state index in [0.29, 0.717) is 37.8 Å². The Hall–Kier alpha value is -1.74. The van der Waals surface area contributed by atoms with Gasteiger partial charge in [0.1, 0.15) is 5.60 Å². The summed E-state index contributed by atoms with van der Waals surface area (Å²) in [6, 6.07) is -0.0388. The fraction of sp³-hybridized carbons (Fsp3) is 0.722. The van der Waals surface area contributed by atoms with Crippen LogP contribution in [0.3, 0.4) is 0 Å². The van der Waals surface area contributed by atoms with Crippen LogP contribution in [0.5, 0.6) is 0 Å². The number of thioether (sulfide) groups is 1. The van der Waals surface area contributed by atoms with Gasteiger partial charge in [-0.15, -0.1) is 0 Å². The van der Waals surface area contributed by atoms with Crippen LogP contribution in [0.4, 0.5) is 9.59 Å². The monoisotopic (exact) mass is 401 g/mol. The zero-order chi connectivity index (χ0) is 20.4. The smallest absolute Gasteiger partial charge is 0.436 e. The van der Waals surface area contributed by atoms with E-state index in [9.17, 15) is 9.59 Å². The van der Waals surface area contributed by atoms with Crippen LogP contribution in [0, 0.1) is 0 Å². The lowest BCUT2D eigenvalue weighted by molar-refractivity contribution is 0.0259. The van der Waals surface area contributed by atoms with Gasteiger partial charge in [0.2, 0.25) is 0 Å². The van der Waals surface area contributed by atoms with Crippen molar-refractivity contribution in [2.75, 3.05) is 40.0 Å². The molecule has 0 aromatic heterocycles. The van der Waals surface area contributed by atoms with Gasteiger partial charge in [0.25, 0.3) is 0 Å². The van der Waals surface area contributed by atoms with Gasteiger partial charge in [-0.1, -0.05) is 18.3 Å². The second-order valence-electron chi connectivity index (χ2n) is 6.94. The minimum atomic E-state index is -0.647. The molecule has 154 valence electrons. The van der Waals surface area contributed by atoms with Gasteiger partial charge in [-0.3, -0.25) is 0 Å². The highest BCUT2D eigenvalue weighted by atomic mass is 32.2. The summed E-state index contributed by atoms with van der Waals surface area (Å²) in [4.78, 5) is 32.0. The molecule has 1 heterocycles. The number of amidine groups is 1. The van der Waals surface area contributed by atoms with E-state index in [0.717, 1.165) is 0 Å². The van der Waals surface area contributed by atoms with Crippen molar-refractivity contribution in [1.82, 2.24) is 9.80 Å². The van der Waals surface area contributed by atoms with Crippen molar-refractivity contribution in [2.45, 2.75) is 45.8 Å². The van der Waals surface area contributed by atoms with E-state index in [-0.39, 0.29) is 18.7 Å². The van der Waals surface area contributed by atoms with E-state index >= 15 is 0 Å². The minimum Gasteiger partial charge on any atom is -0.448 e. The van der Waals surface area contributed by atoms with Crippen LogP contribution in [0.2, 0.25) is 0 Å². The second-order valence-corrected chi connectivity index (χ2v) is 7.87. The van der Waals surface area contributed by atoms with Crippen molar-refractivity contribution in [2.24, 2.45) is 4.99 Å². The first-order valence-electron chi connectivity index (χ1n) is 8.98. The molecule has 9 heteroatoms. The summed E-state index contributed by atoms with van der Waals surface area (Å²) in [6.07, 6.45) is -0.334. The Morgan fingerprint density at radius 2 is 2.00 bits per heavy atom. The van der Waals surface area contributed by atoms with Gasteiger partial charge in [0.05, 0.1) is 19.3 Å². The SMILES string of the molecule is C=CS/C(=N\C(=O)OCC)N1CCN(C(=O)OC(C)(C)C)CCC1COC. The zero-order valence-electron chi connectivity index (χ0n) is 16.9. The molecule has 0 bridgehead atoms. The molecule has 1 aliphatic rings. The van der Waals surface area contributed by atoms with E-state index in [1.54, 1.807) is 24.3 Å². The number of nitrogens with zero attached hydrogens (tertiary/aromatic N) is 3. The molecule has 1 unspecified atom stereocenters. The predicted molar refractivity (Wildman–Crippen MR) is 107 cm³/mol. The average molecular weight is 402 g/mol. The third-order valence-corrected chi connectivity index (χ3v) is 4.39. The maximum atomic E-state index is 12.4. The lowest BCUT2D eigenvalue weighted by Crippen LogP contribution is -2.43. The number of methoxy groups -OCH3 is 1. The Morgan fingerprint density at radius 1 is 1.30 bits per heavy atom. The standard InChI is InChI=1S/C18H31N3O5S/c1-7-25-16(22)19-15(27-8-2)21-12-11-20(10-9-14(21)13-24-6)17(23)26-18(3,4)5/h8,14H,2,7,9-13H2,1,3-6H3/b19-15-. The van der Waals surface area contributed by atoms with E-state index in [1.807, 2.05) is 25.7 Å². The topological polar surface area (TPSA) is 80.7 Å². The van der Waals surface area contributed by atoms with Crippen LogP contribution < -0.4 is 0 Å². The van der Waals surface area contributed by atoms with E-state index < -0.39 is 11.7 Å². The first-order chi connectivity index (χ1) is 12.7. The first kappa shape index (κ1) is 23.3. The van der Waals surface area contributed by atoms with Gasteiger partial charge in [0.15, 0.2) is 5.17 Å². The normalized spacial score (nSPS) is 18.7. The third kappa shape index (κ3) is 8.21.